The fraction of sp³-hybridized carbons (Fsp3) is 0.474. The Kier molecular flexibility index (Phi) is 5.48. The van der Waals surface area contributed by atoms with E-state index < -0.39 is 0 Å². The van der Waals surface area contributed by atoms with Gasteiger partial charge in [0.15, 0.2) is 0 Å². The van der Waals surface area contributed by atoms with Gasteiger partial charge in [0.05, 0.1) is 19.8 Å². The van der Waals surface area contributed by atoms with Gasteiger partial charge in [-0.1, -0.05) is 18.2 Å². The van der Waals surface area contributed by atoms with E-state index in [0.29, 0.717) is 5.69 Å². The Morgan fingerprint density at radius 1 is 1.04 bits per heavy atom. The molecule has 7 heteroatoms. The van der Waals surface area contributed by atoms with Crippen LogP contribution in [0.3, 0.4) is 0 Å². The van der Waals surface area contributed by atoms with Crippen LogP contribution in [0.2, 0.25) is 0 Å². The second kappa shape index (κ2) is 8.16. The number of aromatic nitrogens is 1. The van der Waals surface area contributed by atoms with Gasteiger partial charge < -0.3 is 14.5 Å². The molecule has 0 atom stereocenters. The number of anilines is 1. The number of thiazole rings is 1. The molecule has 1 amide bonds. The number of ether oxygens (including phenoxy) is 1. The molecule has 2 saturated heterocycles. The van der Waals surface area contributed by atoms with E-state index in [1.165, 1.54) is 5.69 Å². The Labute approximate surface area is 158 Å². The summed E-state index contributed by atoms with van der Waals surface area (Å²) in [5.41, 5.74) is 1.81. The number of rotatable bonds is 4. The van der Waals surface area contributed by atoms with Crippen molar-refractivity contribution in [1.82, 2.24) is 14.8 Å². The molecule has 0 unspecified atom stereocenters. The topological polar surface area (TPSA) is 48.9 Å². The fourth-order valence-corrected chi connectivity index (χ4v) is 4.21. The molecule has 3 heterocycles. The van der Waals surface area contributed by atoms with Crippen LogP contribution in [-0.4, -0.2) is 73.2 Å². The minimum Gasteiger partial charge on any atom is -0.379 e. The second-order valence-corrected chi connectivity index (χ2v) is 7.57. The first-order valence-corrected chi connectivity index (χ1v) is 10.0. The normalized spacial score (nSPS) is 18.9. The Morgan fingerprint density at radius 3 is 2.50 bits per heavy atom. The average molecular weight is 372 g/mol. The highest BCUT2D eigenvalue weighted by atomic mass is 32.1. The Bertz CT molecular complexity index is 722. The summed E-state index contributed by atoms with van der Waals surface area (Å²) in [7, 11) is 0. The standard InChI is InChI=1S/C19H24N4O2S/c24-19(17-15-26-18(20-17)14-21-10-12-25-13-11-21)23-8-6-22(7-9-23)16-4-2-1-3-5-16/h1-5,15H,6-14H2. The van der Waals surface area contributed by atoms with Crippen molar-refractivity contribution in [2.45, 2.75) is 6.54 Å². The lowest BCUT2D eigenvalue weighted by molar-refractivity contribution is 0.0341. The molecular weight excluding hydrogens is 348 g/mol. The first-order valence-electron chi connectivity index (χ1n) is 9.13. The molecule has 1 aromatic carbocycles. The summed E-state index contributed by atoms with van der Waals surface area (Å²) in [5.74, 6) is 0.0576. The number of para-hydroxylation sites is 1. The van der Waals surface area contributed by atoms with Crippen LogP contribution in [0.25, 0.3) is 0 Å². The Morgan fingerprint density at radius 2 is 1.77 bits per heavy atom. The van der Waals surface area contributed by atoms with Crippen LogP contribution < -0.4 is 4.90 Å². The maximum absolute atomic E-state index is 12.8. The van der Waals surface area contributed by atoms with Crippen molar-refractivity contribution in [3.63, 3.8) is 0 Å². The van der Waals surface area contributed by atoms with Gasteiger partial charge >= 0.3 is 0 Å². The van der Waals surface area contributed by atoms with E-state index in [0.717, 1.165) is 64.0 Å². The maximum atomic E-state index is 12.8. The summed E-state index contributed by atoms with van der Waals surface area (Å²) in [6.45, 7) is 7.44. The van der Waals surface area contributed by atoms with E-state index in [1.54, 1.807) is 11.3 Å². The van der Waals surface area contributed by atoms with Crippen LogP contribution in [-0.2, 0) is 11.3 Å². The van der Waals surface area contributed by atoms with Crippen molar-refractivity contribution in [3.05, 3.63) is 46.4 Å². The quantitative estimate of drug-likeness (QED) is 0.821. The van der Waals surface area contributed by atoms with E-state index in [1.807, 2.05) is 16.3 Å². The van der Waals surface area contributed by atoms with Crippen LogP contribution in [0.15, 0.2) is 35.7 Å². The minimum absolute atomic E-state index is 0.0576. The third-order valence-corrected chi connectivity index (χ3v) is 5.76. The lowest BCUT2D eigenvalue weighted by Crippen LogP contribution is -2.48. The van der Waals surface area contributed by atoms with Crippen LogP contribution in [0, 0.1) is 0 Å². The zero-order chi connectivity index (χ0) is 17.8. The molecule has 26 heavy (non-hydrogen) atoms. The number of morpholine rings is 1. The molecule has 2 aliphatic heterocycles. The number of carbonyl (C=O) groups is 1. The summed E-state index contributed by atoms with van der Waals surface area (Å²) in [6, 6.07) is 10.4. The molecule has 0 N–H and O–H groups in total. The highest BCUT2D eigenvalue weighted by Crippen LogP contribution is 2.18. The summed E-state index contributed by atoms with van der Waals surface area (Å²) in [4.78, 5) is 23.9. The number of benzene rings is 1. The molecule has 2 fully saturated rings. The average Bonchev–Trinajstić information content (AvgIpc) is 3.17. The molecule has 2 aromatic rings. The number of hydrogen-bond acceptors (Lipinski definition) is 6. The number of amides is 1. The fourth-order valence-electron chi connectivity index (χ4n) is 3.40. The van der Waals surface area contributed by atoms with E-state index in [9.17, 15) is 4.79 Å². The van der Waals surface area contributed by atoms with Crippen LogP contribution >= 0.6 is 11.3 Å². The van der Waals surface area contributed by atoms with E-state index in [-0.39, 0.29) is 5.91 Å². The SMILES string of the molecule is O=C(c1csc(CN2CCOCC2)n1)N1CCN(c2ccccc2)CC1. The van der Waals surface area contributed by atoms with Gasteiger partial charge in [0.1, 0.15) is 10.7 Å². The lowest BCUT2D eigenvalue weighted by atomic mass is 10.2. The molecule has 0 aliphatic carbocycles. The third-order valence-electron chi connectivity index (χ3n) is 4.92. The predicted molar refractivity (Wildman–Crippen MR) is 103 cm³/mol. The van der Waals surface area contributed by atoms with E-state index in [2.05, 4.69) is 39.0 Å². The van der Waals surface area contributed by atoms with Gasteiger partial charge in [-0.2, -0.15) is 0 Å². The second-order valence-electron chi connectivity index (χ2n) is 6.63. The molecule has 0 radical (unpaired) electrons. The van der Waals surface area contributed by atoms with Gasteiger partial charge in [-0.25, -0.2) is 4.98 Å². The van der Waals surface area contributed by atoms with Crippen molar-refractivity contribution in [2.24, 2.45) is 0 Å². The predicted octanol–water partition coefficient (Wildman–Crippen LogP) is 1.94. The highest BCUT2D eigenvalue weighted by molar-refractivity contribution is 7.09. The van der Waals surface area contributed by atoms with Gasteiger partial charge in [-0.05, 0) is 12.1 Å². The van der Waals surface area contributed by atoms with Crippen LogP contribution in [0.1, 0.15) is 15.5 Å². The summed E-state index contributed by atoms with van der Waals surface area (Å²) < 4.78 is 5.38. The first-order chi connectivity index (χ1) is 12.8. The van der Waals surface area contributed by atoms with Gasteiger partial charge in [-0.15, -0.1) is 11.3 Å². The Hall–Kier alpha value is -1.96. The number of carbonyl (C=O) groups excluding carboxylic acids is 1. The van der Waals surface area contributed by atoms with Crippen LogP contribution in [0.5, 0.6) is 0 Å². The first kappa shape index (κ1) is 17.5. The van der Waals surface area contributed by atoms with E-state index in [4.69, 9.17) is 4.74 Å². The number of piperazine rings is 1. The molecule has 138 valence electrons. The molecule has 2 aliphatic rings. The molecule has 4 rings (SSSR count). The van der Waals surface area contributed by atoms with Crippen molar-refractivity contribution >= 4 is 22.9 Å². The van der Waals surface area contributed by atoms with Crippen molar-refractivity contribution in [2.75, 3.05) is 57.4 Å². The minimum atomic E-state index is 0.0576. The summed E-state index contributed by atoms with van der Waals surface area (Å²) >= 11 is 1.58. The van der Waals surface area contributed by atoms with Crippen molar-refractivity contribution < 1.29 is 9.53 Å². The Balaban J connectivity index is 1.32. The summed E-state index contributed by atoms with van der Waals surface area (Å²) in [6.07, 6.45) is 0. The number of hydrogen-bond donors (Lipinski definition) is 0. The third kappa shape index (κ3) is 4.06. The van der Waals surface area contributed by atoms with Crippen molar-refractivity contribution in [1.29, 1.82) is 0 Å². The smallest absolute Gasteiger partial charge is 0.273 e. The molecule has 0 bridgehead atoms. The lowest BCUT2D eigenvalue weighted by Gasteiger charge is -2.35. The van der Waals surface area contributed by atoms with Gasteiger partial charge in [0.2, 0.25) is 0 Å². The molecule has 0 saturated carbocycles. The van der Waals surface area contributed by atoms with Gasteiger partial charge in [0, 0.05) is 50.3 Å². The van der Waals surface area contributed by atoms with E-state index >= 15 is 0 Å². The van der Waals surface area contributed by atoms with Crippen molar-refractivity contribution in [3.8, 4) is 0 Å². The zero-order valence-electron chi connectivity index (χ0n) is 14.8. The van der Waals surface area contributed by atoms with Crippen LogP contribution in [0.4, 0.5) is 5.69 Å². The largest absolute Gasteiger partial charge is 0.379 e. The highest BCUT2D eigenvalue weighted by Gasteiger charge is 2.24. The number of nitrogens with zero attached hydrogens (tertiary/aromatic N) is 4. The zero-order valence-corrected chi connectivity index (χ0v) is 15.7. The maximum Gasteiger partial charge on any atom is 0.273 e. The van der Waals surface area contributed by atoms with Gasteiger partial charge in [-0.3, -0.25) is 9.69 Å². The molecule has 6 nitrogen and oxygen atoms in total. The van der Waals surface area contributed by atoms with Gasteiger partial charge in [0.25, 0.3) is 5.91 Å². The monoisotopic (exact) mass is 372 g/mol. The molecule has 1 aromatic heterocycles. The molecule has 0 spiro atoms. The molecular formula is C19H24N4O2S. The summed E-state index contributed by atoms with van der Waals surface area (Å²) in [5, 5.41) is 2.92.